The molecule has 0 atom stereocenters. The maximum absolute atomic E-state index is 12.0. The van der Waals surface area contributed by atoms with Gasteiger partial charge in [0.25, 0.3) is 5.91 Å². The van der Waals surface area contributed by atoms with Gasteiger partial charge in [0.1, 0.15) is 0 Å². The fraction of sp³-hybridized carbons (Fsp3) is 0.286. The van der Waals surface area contributed by atoms with Crippen molar-refractivity contribution in [3.63, 3.8) is 0 Å². The topological polar surface area (TPSA) is 65.4 Å². The summed E-state index contributed by atoms with van der Waals surface area (Å²) < 4.78 is 12.1. The SMILES string of the molecule is COc1ccc(C(=O)NCCn2cccn2)cc1OC. The van der Waals surface area contributed by atoms with Crippen molar-refractivity contribution in [3.05, 3.63) is 42.2 Å². The minimum absolute atomic E-state index is 0.155. The lowest BCUT2D eigenvalue weighted by Crippen LogP contribution is -2.27. The van der Waals surface area contributed by atoms with E-state index in [0.29, 0.717) is 30.2 Å². The zero-order valence-electron chi connectivity index (χ0n) is 11.5. The van der Waals surface area contributed by atoms with E-state index in [4.69, 9.17) is 9.47 Å². The minimum atomic E-state index is -0.155. The normalized spacial score (nSPS) is 10.1. The molecular formula is C14H17N3O3. The van der Waals surface area contributed by atoms with Crippen LogP contribution in [0.5, 0.6) is 11.5 Å². The molecule has 20 heavy (non-hydrogen) atoms. The summed E-state index contributed by atoms with van der Waals surface area (Å²) in [5.74, 6) is 0.978. The maximum Gasteiger partial charge on any atom is 0.251 e. The summed E-state index contributed by atoms with van der Waals surface area (Å²) in [6, 6.07) is 6.91. The first-order valence-corrected chi connectivity index (χ1v) is 6.22. The van der Waals surface area contributed by atoms with Crippen molar-refractivity contribution in [2.75, 3.05) is 20.8 Å². The van der Waals surface area contributed by atoms with Crippen LogP contribution in [0.3, 0.4) is 0 Å². The highest BCUT2D eigenvalue weighted by Crippen LogP contribution is 2.27. The molecule has 1 N–H and O–H groups in total. The Kier molecular flexibility index (Phi) is 4.60. The van der Waals surface area contributed by atoms with E-state index < -0.39 is 0 Å². The van der Waals surface area contributed by atoms with Crippen molar-refractivity contribution in [2.24, 2.45) is 0 Å². The molecule has 2 rings (SSSR count). The van der Waals surface area contributed by atoms with E-state index in [9.17, 15) is 4.79 Å². The van der Waals surface area contributed by atoms with Gasteiger partial charge < -0.3 is 14.8 Å². The summed E-state index contributed by atoms with van der Waals surface area (Å²) in [5.41, 5.74) is 0.531. The Balaban J connectivity index is 1.95. The fourth-order valence-electron chi connectivity index (χ4n) is 1.80. The second kappa shape index (κ2) is 6.60. The van der Waals surface area contributed by atoms with Crippen LogP contribution in [-0.4, -0.2) is 36.5 Å². The summed E-state index contributed by atoms with van der Waals surface area (Å²) in [4.78, 5) is 12.0. The third-order valence-corrected chi connectivity index (χ3v) is 2.83. The van der Waals surface area contributed by atoms with E-state index in [1.165, 1.54) is 7.11 Å². The first kappa shape index (κ1) is 13.9. The van der Waals surface area contributed by atoms with Crippen LogP contribution in [0.15, 0.2) is 36.7 Å². The third kappa shape index (κ3) is 3.28. The highest BCUT2D eigenvalue weighted by atomic mass is 16.5. The molecule has 106 valence electrons. The molecule has 0 fully saturated rings. The third-order valence-electron chi connectivity index (χ3n) is 2.83. The quantitative estimate of drug-likeness (QED) is 0.863. The highest BCUT2D eigenvalue weighted by molar-refractivity contribution is 5.94. The van der Waals surface area contributed by atoms with Crippen molar-refractivity contribution in [1.29, 1.82) is 0 Å². The molecule has 0 spiro atoms. The second-order valence-electron chi connectivity index (χ2n) is 4.09. The standard InChI is InChI=1S/C14H17N3O3/c1-19-12-5-4-11(10-13(12)20-2)14(18)15-7-9-17-8-3-6-16-17/h3-6,8,10H,7,9H2,1-2H3,(H,15,18). The van der Waals surface area contributed by atoms with Gasteiger partial charge in [-0.3, -0.25) is 9.48 Å². The van der Waals surface area contributed by atoms with Gasteiger partial charge in [0.2, 0.25) is 0 Å². The molecule has 0 saturated heterocycles. The lowest BCUT2D eigenvalue weighted by atomic mass is 10.2. The molecular weight excluding hydrogens is 258 g/mol. The lowest BCUT2D eigenvalue weighted by molar-refractivity contribution is 0.0951. The smallest absolute Gasteiger partial charge is 0.251 e. The number of benzene rings is 1. The van der Waals surface area contributed by atoms with Gasteiger partial charge in [0, 0.05) is 24.5 Å². The summed E-state index contributed by atoms with van der Waals surface area (Å²) >= 11 is 0. The summed E-state index contributed by atoms with van der Waals surface area (Å²) in [5, 5.41) is 6.89. The first-order valence-electron chi connectivity index (χ1n) is 6.22. The lowest BCUT2D eigenvalue weighted by Gasteiger charge is -2.10. The van der Waals surface area contributed by atoms with E-state index >= 15 is 0 Å². The highest BCUT2D eigenvalue weighted by Gasteiger charge is 2.10. The maximum atomic E-state index is 12.0. The van der Waals surface area contributed by atoms with Crippen molar-refractivity contribution in [3.8, 4) is 11.5 Å². The zero-order chi connectivity index (χ0) is 14.4. The predicted molar refractivity (Wildman–Crippen MR) is 74.1 cm³/mol. The van der Waals surface area contributed by atoms with Gasteiger partial charge in [-0.2, -0.15) is 5.10 Å². The number of carbonyl (C=O) groups excluding carboxylic acids is 1. The zero-order valence-corrected chi connectivity index (χ0v) is 11.5. The Bertz CT molecular complexity index is 567. The van der Waals surface area contributed by atoms with Gasteiger partial charge in [-0.05, 0) is 24.3 Å². The Morgan fingerprint density at radius 1 is 1.30 bits per heavy atom. The summed E-state index contributed by atoms with van der Waals surface area (Å²) in [6.07, 6.45) is 3.55. The molecule has 0 unspecified atom stereocenters. The monoisotopic (exact) mass is 275 g/mol. The van der Waals surface area contributed by atoms with Crippen LogP contribution in [0.25, 0.3) is 0 Å². The van der Waals surface area contributed by atoms with Crippen molar-refractivity contribution >= 4 is 5.91 Å². The van der Waals surface area contributed by atoms with Gasteiger partial charge in [0.05, 0.1) is 20.8 Å². The predicted octanol–water partition coefficient (Wildman–Crippen LogP) is 1.33. The molecule has 1 amide bonds. The molecule has 0 aliphatic heterocycles. The van der Waals surface area contributed by atoms with E-state index in [1.807, 2.05) is 12.3 Å². The van der Waals surface area contributed by atoms with Crippen LogP contribution in [0.2, 0.25) is 0 Å². The Hall–Kier alpha value is -2.50. The minimum Gasteiger partial charge on any atom is -0.493 e. The van der Waals surface area contributed by atoms with Gasteiger partial charge in [-0.15, -0.1) is 0 Å². The number of ether oxygens (including phenoxy) is 2. The van der Waals surface area contributed by atoms with Crippen molar-refractivity contribution in [1.82, 2.24) is 15.1 Å². The molecule has 6 nitrogen and oxygen atoms in total. The Morgan fingerprint density at radius 2 is 2.10 bits per heavy atom. The number of amides is 1. The average Bonchev–Trinajstić information content (AvgIpc) is 2.99. The molecule has 0 aliphatic rings. The average molecular weight is 275 g/mol. The molecule has 0 saturated carbocycles. The summed E-state index contributed by atoms with van der Waals surface area (Å²) in [7, 11) is 3.10. The second-order valence-corrected chi connectivity index (χ2v) is 4.09. The van der Waals surface area contributed by atoms with E-state index in [2.05, 4.69) is 10.4 Å². The van der Waals surface area contributed by atoms with Crippen molar-refractivity contribution in [2.45, 2.75) is 6.54 Å². The number of nitrogens with one attached hydrogen (secondary N) is 1. The Labute approximate surface area is 117 Å². The van der Waals surface area contributed by atoms with Crippen LogP contribution in [0.4, 0.5) is 0 Å². The number of nitrogens with zero attached hydrogens (tertiary/aromatic N) is 2. The molecule has 0 aliphatic carbocycles. The van der Waals surface area contributed by atoms with Crippen LogP contribution in [0.1, 0.15) is 10.4 Å². The van der Waals surface area contributed by atoms with E-state index in [1.54, 1.807) is 36.2 Å². The molecule has 2 aromatic rings. The number of rotatable bonds is 6. The fourth-order valence-corrected chi connectivity index (χ4v) is 1.80. The largest absolute Gasteiger partial charge is 0.493 e. The van der Waals surface area contributed by atoms with Crippen LogP contribution >= 0.6 is 0 Å². The van der Waals surface area contributed by atoms with E-state index in [-0.39, 0.29) is 5.91 Å². The molecule has 1 aromatic carbocycles. The van der Waals surface area contributed by atoms with Crippen LogP contribution in [-0.2, 0) is 6.54 Å². The van der Waals surface area contributed by atoms with Crippen molar-refractivity contribution < 1.29 is 14.3 Å². The molecule has 0 radical (unpaired) electrons. The first-order chi connectivity index (χ1) is 9.74. The Morgan fingerprint density at radius 3 is 2.75 bits per heavy atom. The van der Waals surface area contributed by atoms with Gasteiger partial charge in [0.15, 0.2) is 11.5 Å². The number of hydrogen-bond acceptors (Lipinski definition) is 4. The van der Waals surface area contributed by atoms with E-state index in [0.717, 1.165) is 0 Å². The molecule has 1 aromatic heterocycles. The number of aromatic nitrogens is 2. The summed E-state index contributed by atoms with van der Waals surface area (Å²) in [6.45, 7) is 1.14. The molecule has 6 heteroatoms. The number of carbonyl (C=O) groups is 1. The van der Waals surface area contributed by atoms with Crippen LogP contribution < -0.4 is 14.8 Å². The number of methoxy groups -OCH3 is 2. The van der Waals surface area contributed by atoms with Gasteiger partial charge in [-0.1, -0.05) is 0 Å². The molecule has 1 heterocycles. The van der Waals surface area contributed by atoms with Gasteiger partial charge >= 0.3 is 0 Å². The number of hydrogen-bond donors (Lipinski definition) is 1. The molecule has 0 bridgehead atoms. The van der Waals surface area contributed by atoms with Gasteiger partial charge in [-0.25, -0.2) is 0 Å². The van der Waals surface area contributed by atoms with Crippen LogP contribution in [0, 0.1) is 0 Å².